The molecule has 7 nitrogen and oxygen atoms in total. The maximum atomic E-state index is 13.2. The Morgan fingerprint density at radius 3 is 2.62 bits per heavy atom. The topological polar surface area (TPSA) is 112 Å². The van der Waals surface area contributed by atoms with E-state index in [2.05, 4.69) is 9.71 Å². The highest BCUT2D eigenvalue weighted by Crippen LogP contribution is 2.24. The van der Waals surface area contributed by atoms with Gasteiger partial charge in [-0.05, 0) is 26.0 Å². The number of piperidine rings is 1. The lowest BCUT2D eigenvalue weighted by Gasteiger charge is -2.39. The van der Waals surface area contributed by atoms with Gasteiger partial charge in [0.15, 0.2) is 0 Å². The van der Waals surface area contributed by atoms with Gasteiger partial charge in [0.05, 0.1) is 11.7 Å². The highest BCUT2D eigenvalue weighted by Gasteiger charge is 2.40. The second-order valence-corrected chi connectivity index (χ2v) is 6.93. The fraction of sp³-hybridized carbons (Fsp3) is 0.500. The van der Waals surface area contributed by atoms with Gasteiger partial charge in [0.2, 0.25) is 10.0 Å². The van der Waals surface area contributed by atoms with Gasteiger partial charge >= 0.3 is 0 Å². The van der Waals surface area contributed by atoms with Gasteiger partial charge in [-0.15, -0.1) is 0 Å². The molecule has 0 aromatic carbocycles. The summed E-state index contributed by atoms with van der Waals surface area (Å²) in [6, 6.07) is 0.887. The van der Waals surface area contributed by atoms with Gasteiger partial charge in [-0.25, -0.2) is 12.8 Å². The van der Waals surface area contributed by atoms with Crippen LogP contribution in [0.3, 0.4) is 0 Å². The summed E-state index contributed by atoms with van der Waals surface area (Å²) < 4.78 is 40.3. The molecule has 0 amide bonds. The second-order valence-electron chi connectivity index (χ2n) is 5.24. The molecule has 0 saturated carbocycles. The zero-order chi connectivity index (χ0) is 15.7. The molecule has 1 aliphatic heterocycles. The van der Waals surface area contributed by atoms with Crippen molar-refractivity contribution in [2.45, 2.75) is 23.3 Å². The summed E-state index contributed by atoms with van der Waals surface area (Å²) in [6.45, 7) is 1.23. The normalized spacial score (nSPS) is 19.3. The van der Waals surface area contributed by atoms with Crippen molar-refractivity contribution < 1.29 is 12.8 Å². The zero-order valence-corrected chi connectivity index (χ0v) is 12.5. The van der Waals surface area contributed by atoms with Crippen LogP contribution in [0.2, 0.25) is 0 Å². The standard InChI is InChI=1S/C12H18FN5O2S/c1-18-4-2-12(3-5-18,11(14)15)17-21(19,20)10-6-9(13)7-16-8-10/h6-8,17H,2-5H2,1H3,(H3,14,15). The quantitative estimate of drug-likeness (QED) is 0.530. The Morgan fingerprint density at radius 1 is 1.48 bits per heavy atom. The molecule has 0 aliphatic carbocycles. The number of aromatic nitrogens is 1. The molecule has 4 N–H and O–H groups in total. The Kier molecular flexibility index (Phi) is 4.26. The maximum Gasteiger partial charge on any atom is 0.243 e. The number of nitrogens with two attached hydrogens (primary N) is 1. The average Bonchev–Trinajstić information content (AvgIpc) is 2.41. The first-order valence-electron chi connectivity index (χ1n) is 6.43. The van der Waals surface area contributed by atoms with Crippen LogP contribution in [0.4, 0.5) is 4.39 Å². The smallest absolute Gasteiger partial charge is 0.243 e. The molecular formula is C12H18FN5O2S. The lowest BCUT2D eigenvalue weighted by atomic mass is 9.88. The Hall–Kier alpha value is -1.58. The van der Waals surface area contributed by atoms with Crippen LogP contribution in [-0.4, -0.2) is 49.8 Å². The minimum atomic E-state index is -4.00. The lowest BCUT2D eigenvalue weighted by molar-refractivity contribution is 0.218. The SMILES string of the molecule is CN1CCC(NS(=O)(=O)c2cncc(F)c2)(C(=N)N)CC1. The Bertz CT molecular complexity index is 641. The van der Waals surface area contributed by atoms with Crippen LogP contribution < -0.4 is 10.5 Å². The molecule has 0 atom stereocenters. The molecule has 1 aliphatic rings. The van der Waals surface area contributed by atoms with E-state index in [0.717, 1.165) is 18.5 Å². The van der Waals surface area contributed by atoms with Crippen LogP contribution in [0.5, 0.6) is 0 Å². The fourth-order valence-corrected chi connectivity index (χ4v) is 3.70. The third kappa shape index (κ3) is 3.36. The van der Waals surface area contributed by atoms with Crippen LogP contribution in [-0.2, 0) is 10.0 Å². The molecule has 21 heavy (non-hydrogen) atoms. The van der Waals surface area contributed by atoms with E-state index < -0.39 is 21.4 Å². The molecule has 0 bridgehead atoms. The zero-order valence-electron chi connectivity index (χ0n) is 11.6. The van der Waals surface area contributed by atoms with Crippen molar-refractivity contribution in [1.29, 1.82) is 5.41 Å². The largest absolute Gasteiger partial charge is 0.386 e. The van der Waals surface area contributed by atoms with Crippen molar-refractivity contribution in [3.63, 3.8) is 0 Å². The Morgan fingerprint density at radius 2 is 2.10 bits per heavy atom. The summed E-state index contributed by atoms with van der Waals surface area (Å²) in [5.74, 6) is -0.971. The minimum absolute atomic E-state index is 0.233. The maximum absolute atomic E-state index is 13.2. The molecule has 1 fully saturated rings. The molecule has 2 heterocycles. The molecular weight excluding hydrogens is 297 g/mol. The number of amidine groups is 1. The van der Waals surface area contributed by atoms with E-state index in [1.165, 1.54) is 0 Å². The van der Waals surface area contributed by atoms with Gasteiger partial charge in [-0.2, -0.15) is 4.72 Å². The predicted octanol–water partition coefficient (Wildman–Crippen LogP) is -0.101. The molecule has 2 rings (SSSR count). The Balaban J connectivity index is 2.30. The lowest BCUT2D eigenvalue weighted by Crippen LogP contribution is -2.61. The van der Waals surface area contributed by atoms with Crippen molar-refractivity contribution in [2.75, 3.05) is 20.1 Å². The number of rotatable bonds is 4. The summed E-state index contributed by atoms with van der Waals surface area (Å²) in [4.78, 5) is 5.29. The number of sulfonamides is 1. The predicted molar refractivity (Wildman–Crippen MR) is 75.9 cm³/mol. The number of halogens is 1. The number of hydrogen-bond donors (Lipinski definition) is 3. The summed E-state index contributed by atoms with van der Waals surface area (Å²) in [6.07, 6.45) is 2.77. The first-order chi connectivity index (χ1) is 9.75. The third-order valence-corrected chi connectivity index (χ3v) is 5.18. The van der Waals surface area contributed by atoms with Crippen molar-refractivity contribution in [1.82, 2.24) is 14.6 Å². The van der Waals surface area contributed by atoms with Gasteiger partial charge in [0, 0.05) is 19.3 Å². The number of hydrogen-bond acceptors (Lipinski definition) is 5. The second kappa shape index (κ2) is 5.66. The van der Waals surface area contributed by atoms with Crippen LogP contribution in [0.1, 0.15) is 12.8 Å². The van der Waals surface area contributed by atoms with Gasteiger partial charge in [0.1, 0.15) is 16.5 Å². The summed E-state index contributed by atoms with van der Waals surface area (Å²) in [5, 5.41) is 7.73. The molecule has 1 aromatic heterocycles. The highest BCUT2D eigenvalue weighted by molar-refractivity contribution is 7.89. The molecule has 9 heteroatoms. The summed E-state index contributed by atoms with van der Waals surface area (Å²) in [5.41, 5.74) is 4.48. The van der Waals surface area contributed by atoms with Gasteiger partial charge in [-0.3, -0.25) is 10.4 Å². The van der Waals surface area contributed by atoms with Crippen molar-refractivity contribution >= 4 is 15.9 Å². The van der Waals surface area contributed by atoms with E-state index in [1.807, 2.05) is 11.9 Å². The summed E-state index contributed by atoms with van der Waals surface area (Å²) >= 11 is 0. The van der Waals surface area contributed by atoms with Gasteiger partial charge < -0.3 is 10.6 Å². The van der Waals surface area contributed by atoms with Crippen LogP contribution in [0.15, 0.2) is 23.4 Å². The van der Waals surface area contributed by atoms with Gasteiger partial charge in [0.25, 0.3) is 0 Å². The van der Waals surface area contributed by atoms with E-state index in [4.69, 9.17) is 11.1 Å². The van der Waals surface area contributed by atoms with Crippen LogP contribution in [0.25, 0.3) is 0 Å². The number of likely N-dealkylation sites (tertiary alicyclic amines) is 1. The molecule has 1 aromatic rings. The number of nitrogens with one attached hydrogen (secondary N) is 2. The van der Waals surface area contributed by atoms with E-state index in [9.17, 15) is 12.8 Å². The molecule has 1 saturated heterocycles. The number of nitrogens with zero attached hydrogens (tertiary/aromatic N) is 2. The monoisotopic (exact) mass is 315 g/mol. The third-order valence-electron chi connectivity index (χ3n) is 3.68. The van der Waals surface area contributed by atoms with Crippen LogP contribution in [0, 0.1) is 11.2 Å². The first kappa shape index (κ1) is 15.8. The molecule has 0 unspecified atom stereocenters. The van der Waals surface area contributed by atoms with E-state index >= 15 is 0 Å². The van der Waals surface area contributed by atoms with Gasteiger partial charge in [-0.1, -0.05) is 0 Å². The molecule has 116 valence electrons. The minimum Gasteiger partial charge on any atom is -0.386 e. The summed E-state index contributed by atoms with van der Waals surface area (Å²) in [7, 11) is -2.08. The van der Waals surface area contributed by atoms with Crippen molar-refractivity contribution in [3.05, 3.63) is 24.3 Å². The molecule has 0 radical (unpaired) electrons. The van der Waals surface area contributed by atoms with Crippen LogP contribution >= 0.6 is 0 Å². The molecule has 0 spiro atoms. The van der Waals surface area contributed by atoms with E-state index in [0.29, 0.717) is 25.9 Å². The highest BCUT2D eigenvalue weighted by atomic mass is 32.2. The van der Waals surface area contributed by atoms with Crippen molar-refractivity contribution in [2.24, 2.45) is 5.73 Å². The average molecular weight is 315 g/mol. The van der Waals surface area contributed by atoms with Crippen molar-refractivity contribution in [3.8, 4) is 0 Å². The Labute approximate surface area is 122 Å². The first-order valence-corrected chi connectivity index (χ1v) is 7.91. The fourth-order valence-electron chi connectivity index (χ4n) is 2.28. The van der Waals surface area contributed by atoms with E-state index in [-0.39, 0.29) is 10.7 Å². The number of pyridine rings is 1. The van der Waals surface area contributed by atoms with E-state index in [1.54, 1.807) is 0 Å².